The number of esters is 1. The van der Waals surface area contributed by atoms with Crippen molar-refractivity contribution in [3.63, 3.8) is 0 Å². The monoisotopic (exact) mass is 886 g/mol. The zero-order valence-electron chi connectivity index (χ0n) is 36.9. The first-order valence-electron chi connectivity index (χ1n) is 22.1. The zero-order chi connectivity index (χ0) is 45.4. The Kier molecular flexibility index (Phi) is 16.0. The molecule has 0 aliphatic carbocycles. The maximum absolute atomic E-state index is 14.0. The van der Waals surface area contributed by atoms with Crippen LogP contribution in [0.5, 0.6) is 11.5 Å². The Balaban J connectivity index is 1.26. The van der Waals surface area contributed by atoms with Gasteiger partial charge in [-0.05, 0) is 45.5 Å². The second kappa shape index (κ2) is 23.0. The molecule has 7 aromatic rings. The van der Waals surface area contributed by atoms with Gasteiger partial charge in [0.15, 0.2) is 11.5 Å². The molecule has 1 aliphatic heterocycles. The van der Waals surface area contributed by atoms with Crippen molar-refractivity contribution in [2.45, 2.75) is 69.8 Å². The highest BCUT2D eigenvalue weighted by atomic mass is 16.7. The predicted octanol–water partition coefficient (Wildman–Crippen LogP) is 10.1. The number of carbonyl (C=O) groups excluding carboxylic acids is 1. The lowest BCUT2D eigenvalue weighted by molar-refractivity contribution is -0.378. The summed E-state index contributed by atoms with van der Waals surface area (Å²) in [6.07, 6.45) is -4.03. The number of ether oxygens (including phenoxy) is 8. The average molecular weight is 887 g/mol. The summed E-state index contributed by atoms with van der Waals surface area (Å²) in [6, 6.07) is 61.4. The fourth-order valence-corrected chi connectivity index (χ4v) is 7.88. The third kappa shape index (κ3) is 12.0. The van der Waals surface area contributed by atoms with E-state index < -0.39 is 36.2 Å². The van der Waals surface area contributed by atoms with Crippen molar-refractivity contribution in [1.82, 2.24) is 0 Å². The first-order valence-corrected chi connectivity index (χ1v) is 22.1. The minimum atomic E-state index is -2.32. The van der Waals surface area contributed by atoms with Gasteiger partial charge in [-0.2, -0.15) is 0 Å². The number of benzene rings is 7. The van der Waals surface area contributed by atoms with Gasteiger partial charge in [0.25, 0.3) is 0 Å². The summed E-state index contributed by atoms with van der Waals surface area (Å²) >= 11 is 0. The standard InChI is InChI=1S/C56H54O10/c1-59-55(57)48-32-47(33-49(61-35-42-22-10-3-11-23-42)51(48)62-36-43-24-12-4-13-25-43)56(58)54(65-39-46-30-18-7-19-31-46)53(64-38-45-28-16-6-17-29-45)52(63-37-44-26-14-5-15-27-44)50(66-56)40-60-34-41-20-8-2-9-21-41/h2-33,50,52-54,58H,34-40H2,1H3/t50-,52-,53+,54-,56+/m1/s1. The second-order valence-corrected chi connectivity index (χ2v) is 16.0. The van der Waals surface area contributed by atoms with Gasteiger partial charge >= 0.3 is 5.97 Å². The molecule has 8 rings (SSSR count). The summed E-state index contributed by atoms with van der Waals surface area (Å²) in [5.74, 6) is -2.73. The van der Waals surface area contributed by atoms with Gasteiger partial charge in [0.05, 0.1) is 40.1 Å². The fraction of sp³-hybridized carbons (Fsp3) is 0.232. The number of methoxy groups -OCH3 is 1. The SMILES string of the molecule is COC(=O)c1cc([C@]2(O)O[C@H](COCc3ccccc3)[C@@H](OCc3ccccc3)[C@H](OCc3ccccc3)[C@H]2OCc2ccccc2)cc(OCc2ccccc2)c1OCc1ccccc1. The van der Waals surface area contributed by atoms with Crippen LogP contribution in [0, 0.1) is 0 Å². The molecule has 0 spiro atoms. The molecule has 5 atom stereocenters. The minimum Gasteiger partial charge on any atom is -0.485 e. The maximum Gasteiger partial charge on any atom is 0.341 e. The molecule has 1 saturated heterocycles. The van der Waals surface area contributed by atoms with E-state index in [4.69, 9.17) is 37.9 Å². The molecule has 1 heterocycles. The Morgan fingerprint density at radius 2 is 0.924 bits per heavy atom. The van der Waals surface area contributed by atoms with E-state index >= 15 is 0 Å². The molecule has 0 aromatic heterocycles. The fourth-order valence-electron chi connectivity index (χ4n) is 7.88. The Hall–Kier alpha value is -6.63. The van der Waals surface area contributed by atoms with E-state index in [1.165, 1.54) is 13.2 Å². The lowest BCUT2D eigenvalue weighted by Gasteiger charge is -2.50. The molecule has 0 saturated carbocycles. The third-order valence-corrected chi connectivity index (χ3v) is 11.3. The summed E-state index contributed by atoms with van der Waals surface area (Å²) in [5, 5.41) is 13.6. The Morgan fingerprint density at radius 1 is 0.515 bits per heavy atom. The van der Waals surface area contributed by atoms with Gasteiger partial charge in [0, 0.05) is 5.56 Å². The molecule has 0 amide bonds. The Labute approximate surface area is 386 Å². The van der Waals surface area contributed by atoms with Crippen molar-refractivity contribution in [2.75, 3.05) is 13.7 Å². The molecule has 338 valence electrons. The summed E-state index contributed by atoms with van der Waals surface area (Å²) in [7, 11) is 1.29. The van der Waals surface area contributed by atoms with Crippen LogP contribution >= 0.6 is 0 Å². The van der Waals surface area contributed by atoms with E-state index in [1.807, 2.05) is 182 Å². The zero-order valence-corrected chi connectivity index (χ0v) is 36.9. The van der Waals surface area contributed by atoms with Crippen LogP contribution in [0.3, 0.4) is 0 Å². The van der Waals surface area contributed by atoms with Crippen molar-refractivity contribution in [3.8, 4) is 11.5 Å². The molecule has 10 nitrogen and oxygen atoms in total. The minimum absolute atomic E-state index is 0.00719. The van der Waals surface area contributed by atoms with Crippen molar-refractivity contribution in [2.24, 2.45) is 0 Å². The largest absolute Gasteiger partial charge is 0.485 e. The highest BCUT2D eigenvalue weighted by Gasteiger charge is 2.58. The smallest absolute Gasteiger partial charge is 0.341 e. The lowest BCUT2D eigenvalue weighted by Crippen LogP contribution is -2.65. The van der Waals surface area contributed by atoms with Crippen LogP contribution in [0.1, 0.15) is 49.3 Å². The quantitative estimate of drug-likeness (QED) is 0.0701. The van der Waals surface area contributed by atoms with Crippen molar-refractivity contribution in [1.29, 1.82) is 0 Å². The highest BCUT2D eigenvalue weighted by molar-refractivity contribution is 5.94. The van der Waals surface area contributed by atoms with Gasteiger partial charge in [0.2, 0.25) is 5.79 Å². The average Bonchev–Trinajstić information content (AvgIpc) is 3.37. The molecular weight excluding hydrogens is 833 g/mol. The van der Waals surface area contributed by atoms with E-state index in [2.05, 4.69) is 0 Å². The van der Waals surface area contributed by atoms with Gasteiger partial charge in [-0.25, -0.2) is 4.79 Å². The summed E-state index contributed by atoms with van der Waals surface area (Å²) in [5.41, 5.74) is 5.53. The molecule has 7 aromatic carbocycles. The lowest BCUT2D eigenvalue weighted by atomic mass is 9.86. The first kappa shape index (κ1) is 45.9. The second-order valence-electron chi connectivity index (χ2n) is 16.0. The number of hydrogen-bond donors (Lipinski definition) is 1. The van der Waals surface area contributed by atoms with Gasteiger partial charge in [0.1, 0.15) is 43.2 Å². The van der Waals surface area contributed by atoms with Crippen LogP contribution in [-0.2, 0) is 73.8 Å². The molecule has 1 aliphatic rings. The van der Waals surface area contributed by atoms with Crippen LogP contribution in [-0.4, -0.2) is 49.2 Å². The van der Waals surface area contributed by atoms with Gasteiger partial charge in [-0.3, -0.25) is 0 Å². The Morgan fingerprint density at radius 3 is 1.39 bits per heavy atom. The van der Waals surface area contributed by atoms with Crippen molar-refractivity contribution in [3.05, 3.63) is 239 Å². The van der Waals surface area contributed by atoms with E-state index in [9.17, 15) is 9.90 Å². The van der Waals surface area contributed by atoms with Gasteiger partial charge in [-0.1, -0.05) is 182 Å². The van der Waals surface area contributed by atoms with E-state index in [0.717, 1.165) is 33.4 Å². The van der Waals surface area contributed by atoms with Crippen LogP contribution in [0.2, 0.25) is 0 Å². The van der Waals surface area contributed by atoms with Crippen molar-refractivity contribution < 1.29 is 47.8 Å². The van der Waals surface area contributed by atoms with Gasteiger partial charge < -0.3 is 43.0 Å². The van der Waals surface area contributed by atoms with E-state index in [0.29, 0.717) is 0 Å². The number of hydrogen-bond acceptors (Lipinski definition) is 10. The number of rotatable bonds is 21. The van der Waals surface area contributed by atoms with Crippen LogP contribution in [0.4, 0.5) is 0 Å². The molecule has 66 heavy (non-hydrogen) atoms. The predicted molar refractivity (Wildman–Crippen MR) is 249 cm³/mol. The molecule has 0 radical (unpaired) electrons. The van der Waals surface area contributed by atoms with E-state index in [-0.39, 0.29) is 68.9 Å². The first-order chi connectivity index (χ1) is 32.5. The van der Waals surface area contributed by atoms with Crippen LogP contribution in [0.25, 0.3) is 0 Å². The van der Waals surface area contributed by atoms with Crippen LogP contribution < -0.4 is 9.47 Å². The van der Waals surface area contributed by atoms with Crippen LogP contribution in [0.15, 0.2) is 194 Å². The maximum atomic E-state index is 14.0. The summed E-state index contributed by atoms with van der Waals surface area (Å²) in [4.78, 5) is 14.0. The third-order valence-electron chi connectivity index (χ3n) is 11.3. The van der Waals surface area contributed by atoms with E-state index in [1.54, 1.807) is 6.07 Å². The number of carbonyl (C=O) groups is 1. The number of aliphatic hydroxyl groups is 1. The highest BCUT2D eigenvalue weighted by Crippen LogP contribution is 2.45. The van der Waals surface area contributed by atoms with Crippen molar-refractivity contribution >= 4 is 5.97 Å². The molecule has 10 heteroatoms. The summed E-state index contributed by atoms with van der Waals surface area (Å²) in [6.45, 7) is 0.928. The molecule has 0 unspecified atom stereocenters. The molecule has 0 bridgehead atoms. The molecule has 1 fully saturated rings. The topological polar surface area (TPSA) is 111 Å². The van der Waals surface area contributed by atoms with Gasteiger partial charge in [-0.15, -0.1) is 0 Å². The molecule has 1 N–H and O–H groups in total. The normalized spacial score (nSPS) is 19.2. The molecular formula is C56H54O10. The summed E-state index contributed by atoms with van der Waals surface area (Å²) < 4.78 is 52.4. The Bertz CT molecular complexity index is 2530.